The van der Waals surface area contributed by atoms with Crippen LogP contribution in [-0.2, 0) is 6.42 Å². The fourth-order valence-electron chi connectivity index (χ4n) is 2.51. The lowest BCUT2D eigenvalue weighted by molar-refractivity contribution is 0.0772. The Morgan fingerprint density at radius 1 is 1.08 bits per heavy atom. The molecule has 1 aromatic heterocycles. The van der Waals surface area contributed by atoms with E-state index in [0.717, 1.165) is 5.56 Å². The summed E-state index contributed by atoms with van der Waals surface area (Å²) in [5.74, 6) is -0.415. The molecule has 0 aliphatic carbocycles. The number of nitrogens with zero attached hydrogens (tertiary/aromatic N) is 2. The molecule has 0 bridgehead atoms. The van der Waals surface area contributed by atoms with Gasteiger partial charge in [-0.3, -0.25) is 14.6 Å². The lowest BCUT2D eigenvalue weighted by Crippen LogP contribution is -2.31. The van der Waals surface area contributed by atoms with Crippen LogP contribution in [0.15, 0.2) is 36.7 Å². The van der Waals surface area contributed by atoms with Crippen molar-refractivity contribution in [3.05, 3.63) is 63.4 Å². The molecule has 0 saturated carbocycles. The third-order valence-corrected chi connectivity index (χ3v) is 4.58. The topological polar surface area (TPSA) is 62.3 Å². The number of aromatic nitrogens is 1. The molecular formula is C19H21Cl2N3O2. The molecule has 0 fully saturated rings. The van der Waals surface area contributed by atoms with Crippen molar-refractivity contribution in [2.75, 3.05) is 19.6 Å². The molecule has 1 N–H and O–H groups in total. The molecule has 26 heavy (non-hydrogen) atoms. The SMILES string of the molecule is CCN(CC)C(=O)c1cncc(C(=O)NCCc2ccc(Cl)cc2Cl)c1. The first-order valence-corrected chi connectivity index (χ1v) is 9.18. The Labute approximate surface area is 163 Å². The minimum absolute atomic E-state index is 0.134. The van der Waals surface area contributed by atoms with E-state index in [9.17, 15) is 9.59 Å². The Morgan fingerprint density at radius 3 is 2.42 bits per heavy atom. The monoisotopic (exact) mass is 393 g/mol. The van der Waals surface area contributed by atoms with Crippen molar-refractivity contribution in [1.29, 1.82) is 0 Å². The minimum atomic E-state index is -0.281. The maximum atomic E-state index is 12.4. The van der Waals surface area contributed by atoms with Crippen molar-refractivity contribution >= 4 is 35.0 Å². The highest BCUT2D eigenvalue weighted by molar-refractivity contribution is 6.35. The molecule has 0 atom stereocenters. The average Bonchev–Trinajstić information content (AvgIpc) is 2.64. The average molecular weight is 394 g/mol. The number of halogens is 2. The summed E-state index contributed by atoms with van der Waals surface area (Å²) in [6, 6.07) is 6.84. The fraction of sp³-hybridized carbons (Fsp3) is 0.316. The van der Waals surface area contributed by atoms with Gasteiger partial charge in [0.15, 0.2) is 0 Å². The van der Waals surface area contributed by atoms with Crippen molar-refractivity contribution in [3.8, 4) is 0 Å². The van der Waals surface area contributed by atoms with Gasteiger partial charge in [-0.05, 0) is 44.0 Å². The Morgan fingerprint density at radius 2 is 1.77 bits per heavy atom. The third-order valence-electron chi connectivity index (χ3n) is 3.99. The molecule has 2 amide bonds. The van der Waals surface area contributed by atoms with Crippen LogP contribution in [0.25, 0.3) is 0 Å². The van der Waals surface area contributed by atoms with E-state index in [2.05, 4.69) is 10.3 Å². The normalized spacial score (nSPS) is 10.5. The maximum absolute atomic E-state index is 12.4. The number of benzene rings is 1. The summed E-state index contributed by atoms with van der Waals surface area (Å²) in [6.45, 7) is 5.44. The van der Waals surface area contributed by atoms with Gasteiger partial charge < -0.3 is 10.2 Å². The van der Waals surface area contributed by atoms with Crippen LogP contribution in [0, 0.1) is 0 Å². The number of amides is 2. The van der Waals surface area contributed by atoms with E-state index in [4.69, 9.17) is 23.2 Å². The first-order valence-electron chi connectivity index (χ1n) is 8.42. The Balaban J connectivity index is 1.99. The van der Waals surface area contributed by atoms with Crippen LogP contribution in [0.3, 0.4) is 0 Å². The predicted molar refractivity (Wildman–Crippen MR) is 104 cm³/mol. The summed E-state index contributed by atoms with van der Waals surface area (Å²) in [5.41, 5.74) is 1.66. The molecule has 0 aliphatic rings. The number of carbonyl (C=O) groups excluding carboxylic acids is 2. The maximum Gasteiger partial charge on any atom is 0.255 e. The number of hydrogen-bond acceptors (Lipinski definition) is 3. The molecule has 0 radical (unpaired) electrons. The highest BCUT2D eigenvalue weighted by Crippen LogP contribution is 2.21. The van der Waals surface area contributed by atoms with Gasteiger partial charge in [-0.25, -0.2) is 0 Å². The van der Waals surface area contributed by atoms with E-state index >= 15 is 0 Å². The molecule has 1 heterocycles. The molecule has 1 aromatic carbocycles. The first-order chi connectivity index (χ1) is 12.5. The van der Waals surface area contributed by atoms with E-state index in [-0.39, 0.29) is 11.8 Å². The molecule has 2 aromatic rings. The molecule has 5 nitrogen and oxygen atoms in total. The fourth-order valence-corrected chi connectivity index (χ4v) is 3.01. The van der Waals surface area contributed by atoms with Crippen LogP contribution in [-0.4, -0.2) is 41.3 Å². The summed E-state index contributed by atoms with van der Waals surface area (Å²) in [6.07, 6.45) is 3.50. The Bertz CT molecular complexity index is 792. The third kappa shape index (κ3) is 5.19. The number of hydrogen-bond donors (Lipinski definition) is 1. The zero-order chi connectivity index (χ0) is 19.1. The summed E-state index contributed by atoms with van der Waals surface area (Å²) in [4.78, 5) is 30.4. The zero-order valence-corrected chi connectivity index (χ0v) is 16.3. The molecule has 138 valence electrons. The second kappa shape index (κ2) is 9.55. The summed E-state index contributed by atoms with van der Waals surface area (Å²) >= 11 is 12.0. The van der Waals surface area contributed by atoms with Crippen molar-refractivity contribution in [2.45, 2.75) is 20.3 Å². The van der Waals surface area contributed by atoms with Gasteiger partial charge in [0.05, 0.1) is 11.1 Å². The van der Waals surface area contributed by atoms with Crippen molar-refractivity contribution in [1.82, 2.24) is 15.2 Å². The summed E-state index contributed by atoms with van der Waals surface area (Å²) in [7, 11) is 0. The van der Waals surface area contributed by atoms with E-state index < -0.39 is 0 Å². The lowest BCUT2D eigenvalue weighted by Gasteiger charge is -2.18. The van der Waals surface area contributed by atoms with E-state index in [1.165, 1.54) is 12.4 Å². The number of carbonyl (C=O) groups is 2. The number of nitrogens with one attached hydrogen (secondary N) is 1. The molecule has 0 aliphatic heterocycles. The molecule has 0 saturated heterocycles. The van der Waals surface area contributed by atoms with Crippen LogP contribution in [0.4, 0.5) is 0 Å². The minimum Gasteiger partial charge on any atom is -0.352 e. The predicted octanol–water partition coefficient (Wildman–Crippen LogP) is 3.84. The van der Waals surface area contributed by atoms with Crippen LogP contribution in [0.2, 0.25) is 10.0 Å². The second-order valence-corrected chi connectivity index (χ2v) is 6.53. The highest BCUT2D eigenvalue weighted by atomic mass is 35.5. The van der Waals surface area contributed by atoms with Crippen molar-refractivity contribution < 1.29 is 9.59 Å². The number of pyridine rings is 1. The molecule has 0 unspecified atom stereocenters. The number of rotatable bonds is 7. The zero-order valence-electron chi connectivity index (χ0n) is 14.8. The molecule has 0 spiro atoms. The van der Waals surface area contributed by atoms with E-state index in [1.54, 1.807) is 23.1 Å². The van der Waals surface area contributed by atoms with E-state index in [0.29, 0.717) is 47.2 Å². The van der Waals surface area contributed by atoms with Gasteiger partial charge in [-0.1, -0.05) is 29.3 Å². The molecular weight excluding hydrogens is 373 g/mol. The standard InChI is InChI=1S/C19H21Cl2N3O2/c1-3-24(4-2)19(26)15-9-14(11-22-12-15)18(25)23-8-7-13-5-6-16(20)10-17(13)21/h5-6,9-12H,3-4,7-8H2,1-2H3,(H,23,25). The molecule has 2 rings (SSSR count). The van der Waals surface area contributed by atoms with Crippen LogP contribution in [0.1, 0.15) is 40.1 Å². The van der Waals surface area contributed by atoms with Crippen LogP contribution in [0.5, 0.6) is 0 Å². The smallest absolute Gasteiger partial charge is 0.255 e. The molecule has 7 heteroatoms. The Hall–Kier alpha value is -2.11. The Kier molecular flexibility index (Phi) is 7.42. The van der Waals surface area contributed by atoms with Gasteiger partial charge in [0.2, 0.25) is 0 Å². The lowest BCUT2D eigenvalue weighted by atomic mass is 10.1. The van der Waals surface area contributed by atoms with Crippen LogP contribution < -0.4 is 5.32 Å². The van der Waals surface area contributed by atoms with Crippen molar-refractivity contribution in [2.24, 2.45) is 0 Å². The summed E-state index contributed by atoms with van der Waals surface area (Å²) in [5, 5.41) is 3.96. The highest BCUT2D eigenvalue weighted by Gasteiger charge is 2.15. The van der Waals surface area contributed by atoms with Crippen molar-refractivity contribution in [3.63, 3.8) is 0 Å². The van der Waals surface area contributed by atoms with Gasteiger partial charge in [0, 0.05) is 42.1 Å². The first kappa shape index (κ1) is 20.2. The van der Waals surface area contributed by atoms with Crippen LogP contribution >= 0.6 is 23.2 Å². The van der Waals surface area contributed by atoms with Gasteiger partial charge in [-0.2, -0.15) is 0 Å². The summed E-state index contributed by atoms with van der Waals surface area (Å²) < 4.78 is 0. The van der Waals surface area contributed by atoms with Gasteiger partial charge in [-0.15, -0.1) is 0 Å². The quantitative estimate of drug-likeness (QED) is 0.776. The second-order valence-electron chi connectivity index (χ2n) is 5.68. The van der Waals surface area contributed by atoms with Gasteiger partial charge in [0.25, 0.3) is 11.8 Å². The van der Waals surface area contributed by atoms with Gasteiger partial charge >= 0.3 is 0 Å². The van der Waals surface area contributed by atoms with E-state index in [1.807, 2.05) is 19.9 Å². The largest absolute Gasteiger partial charge is 0.352 e. The van der Waals surface area contributed by atoms with Gasteiger partial charge in [0.1, 0.15) is 0 Å².